The number of likely N-dealkylation sites (tertiary alicyclic amines) is 1. The zero-order valence-corrected chi connectivity index (χ0v) is 11.3. The van der Waals surface area contributed by atoms with E-state index in [9.17, 15) is 4.79 Å². The van der Waals surface area contributed by atoms with E-state index >= 15 is 0 Å². The van der Waals surface area contributed by atoms with Crippen molar-refractivity contribution >= 4 is 23.1 Å². The molecule has 2 heterocycles. The maximum Gasteiger partial charge on any atom is 0.415 e. The maximum absolute atomic E-state index is 11.7. The number of aromatic amines is 1. The lowest BCUT2D eigenvalue weighted by atomic mass is 10.1. The second-order valence-electron chi connectivity index (χ2n) is 4.97. The highest BCUT2D eigenvalue weighted by Gasteiger charge is 2.13. The number of ether oxygens (including phenoxy) is 1. The van der Waals surface area contributed by atoms with Gasteiger partial charge in [0, 0.05) is 13.1 Å². The van der Waals surface area contributed by atoms with E-state index in [-0.39, 0.29) is 0 Å². The molecule has 0 unspecified atom stereocenters. The van der Waals surface area contributed by atoms with Gasteiger partial charge in [0.05, 0.1) is 11.0 Å². The fourth-order valence-electron chi connectivity index (χ4n) is 2.38. The van der Waals surface area contributed by atoms with Gasteiger partial charge in [0.1, 0.15) is 6.73 Å². The zero-order valence-electron chi connectivity index (χ0n) is 11.3. The molecule has 3 rings (SSSR count). The monoisotopic (exact) mass is 274 g/mol. The third kappa shape index (κ3) is 3.08. The number of fused-ring (bicyclic) bond motifs is 1. The molecule has 1 saturated heterocycles. The van der Waals surface area contributed by atoms with Crippen LogP contribution in [0.2, 0.25) is 0 Å². The number of carbonyl (C=O) groups is 1. The summed E-state index contributed by atoms with van der Waals surface area (Å²) < 4.78 is 5.20. The number of imidazole rings is 1. The number of hydrogen-bond donors (Lipinski definition) is 2. The Labute approximate surface area is 117 Å². The molecule has 1 fully saturated rings. The van der Waals surface area contributed by atoms with E-state index in [1.165, 1.54) is 19.3 Å². The summed E-state index contributed by atoms with van der Waals surface area (Å²) in [6, 6.07) is 7.61. The van der Waals surface area contributed by atoms with Crippen molar-refractivity contribution in [2.75, 3.05) is 25.1 Å². The molecule has 2 aromatic rings. The number of hydrogen-bond acceptors (Lipinski definition) is 4. The average Bonchev–Trinajstić information content (AvgIpc) is 2.88. The van der Waals surface area contributed by atoms with E-state index in [0.717, 1.165) is 24.1 Å². The first kappa shape index (κ1) is 12.9. The predicted molar refractivity (Wildman–Crippen MR) is 76.5 cm³/mol. The molecule has 0 spiro atoms. The SMILES string of the molecule is O=C(Nc1nc2ccccc2[nH]1)OCN1CCCCC1. The lowest BCUT2D eigenvalue weighted by molar-refractivity contribution is 0.0659. The summed E-state index contributed by atoms with van der Waals surface area (Å²) in [5.74, 6) is 0.412. The molecule has 2 N–H and O–H groups in total. The molecule has 6 heteroatoms. The van der Waals surface area contributed by atoms with Crippen molar-refractivity contribution in [3.05, 3.63) is 24.3 Å². The van der Waals surface area contributed by atoms with Crippen molar-refractivity contribution in [1.82, 2.24) is 14.9 Å². The van der Waals surface area contributed by atoms with Crippen molar-refractivity contribution in [3.8, 4) is 0 Å². The zero-order chi connectivity index (χ0) is 13.8. The van der Waals surface area contributed by atoms with Gasteiger partial charge in [-0.2, -0.15) is 0 Å². The van der Waals surface area contributed by atoms with Gasteiger partial charge in [0.15, 0.2) is 0 Å². The normalized spacial score (nSPS) is 16.2. The molecule has 0 aliphatic carbocycles. The maximum atomic E-state index is 11.7. The van der Waals surface area contributed by atoms with Gasteiger partial charge < -0.3 is 9.72 Å². The summed E-state index contributed by atoms with van der Waals surface area (Å²) in [6.07, 6.45) is 3.14. The number of amides is 1. The molecule has 20 heavy (non-hydrogen) atoms. The number of nitrogens with one attached hydrogen (secondary N) is 2. The van der Waals surface area contributed by atoms with Crippen molar-refractivity contribution in [1.29, 1.82) is 0 Å². The highest BCUT2D eigenvalue weighted by atomic mass is 16.6. The number of para-hydroxylation sites is 2. The topological polar surface area (TPSA) is 70.2 Å². The van der Waals surface area contributed by atoms with E-state index in [4.69, 9.17) is 4.74 Å². The van der Waals surface area contributed by atoms with Crippen LogP contribution in [0.15, 0.2) is 24.3 Å². The van der Waals surface area contributed by atoms with Crippen LogP contribution in [0, 0.1) is 0 Å². The Bertz CT molecular complexity index is 557. The lowest BCUT2D eigenvalue weighted by Crippen LogP contribution is -2.33. The summed E-state index contributed by atoms with van der Waals surface area (Å²) in [6.45, 7) is 2.34. The standard InChI is InChI=1S/C14H18N4O2/c19-14(20-10-18-8-4-1-5-9-18)17-13-15-11-6-2-3-7-12(11)16-13/h2-3,6-7H,1,4-5,8-10H2,(H2,15,16,17,19). The second-order valence-corrected chi connectivity index (χ2v) is 4.97. The first-order chi connectivity index (χ1) is 9.81. The summed E-state index contributed by atoms with van der Waals surface area (Å²) in [5, 5.41) is 2.62. The molecule has 106 valence electrons. The largest absolute Gasteiger partial charge is 0.433 e. The molecule has 0 bridgehead atoms. The summed E-state index contributed by atoms with van der Waals surface area (Å²) in [4.78, 5) is 21.1. The Morgan fingerprint density at radius 3 is 2.90 bits per heavy atom. The number of piperidine rings is 1. The molecule has 1 aromatic heterocycles. The first-order valence-electron chi connectivity index (χ1n) is 6.92. The van der Waals surface area contributed by atoms with Crippen molar-refractivity contribution < 1.29 is 9.53 Å². The highest BCUT2D eigenvalue weighted by molar-refractivity contribution is 5.86. The number of carbonyl (C=O) groups excluding carboxylic acids is 1. The molecule has 0 saturated carbocycles. The predicted octanol–water partition coefficient (Wildman–Crippen LogP) is 2.55. The van der Waals surface area contributed by atoms with E-state index in [0.29, 0.717) is 12.7 Å². The van der Waals surface area contributed by atoms with Crippen LogP contribution in [-0.2, 0) is 4.74 Å². The van der Waals surface area contributed by atoms with Crippen LogP contribution in [0.1, 0.15) is 19.3 Å². The van der Waals surface area contributed by atoms with Crippen LogP contribution in [0.5, 0.6) is 0 Å². The fourth-order valence-corrected chi connectivity index (χ4v) is 2.38. The van der Waals surface area contributed by atoms with Crippen molar-refractivity contribution in [3.63, 3.8) is 0 Å². The van der Waals surface area contributed by atoms with Crippen LogP contribution < -0.4 is 5.32 Å². The molecule has 1 aliphatic heterocycles. The van der Waals surface area contributed by atoms with Crippen molar-refractivity contribution in [2.45, 2.75) is 19.3 Å². The number of nitrogens with zero attached hydrogens (tertiary/aromatic N) is 2. The van der Waals surface area contributed by atoms with Gasteiger partial charge in [-0.15, -0.1) is 0 Å². The van der Waals surface area contributed by atoms with Gasteiger partial charge in [-0.25, -0.2) is 9.78 Å². The second kappa shape index (κ2) is 5.92. The fraction of sp³-hybridized carbons (Fsp3) is 0.429. The molecular formula is C14H18N4O2. The molecule has 1 amide bonds. The average molecular weight is 274 g/mol. The van der Waals surface area contributed by atoms with Gasteiger partial charge in [-0.1, -0.05) is 18.6 Å². The molecule has 0 atom stereocenters. The Balaban J connectivity index is 1.52. The number of aromatic nitrogens is 2. The Hall–Kier alpha value is -2.08. The van der Waals surface area contributed by atoms with Gasteiger partial charge in [0.25, 0.3) is 0 Å². The minimum Gasteiger partial charge on any atom is -0.433 e. The van der Waals surface area contributed by atoms with Crippen LogP contribution in [-0.4, -0.2) is 40.8 Å². The van der Waals surface area contributed by atoms with E-state index in [2.05, 4.69) is 20.2 Å². The van der Waals surface area contributed by atoms with E-state index in [1.54, 1.807) is 0 Å². The van der Waals surface area contributed by atoms with Crippen LogP contribution >= 0.6 is 0 Å². The third-order valence-electron chi connectivity index (χ3n) is 3.44. The van der Waals surface area contributed by atoms with Gasteiger partial charge >= 0.3 is 6.09 Å². The van der Waals surface area contributed by atoms with Crippen LogP contribution in [0.4, 0.5) is 10.7 Å². The molecule has 1 aliphatic rings. The summed E-state index contributed by atoms with van der Waals surface area (Å²) in [7, 11) is 0. The minimum atomic E-state index is -0.477. The van der Waals surface area contributed by atoms with E-state index in [1.807, 2.05) is 24.3 Å². The summed E-state index contributed by atoms with van der Waals surface area (Å²) in [5.41, 5.74) is 1.71. The molecule has 0 radical (unpaired) electrons. The van der Waals surface area contributed by atoms with E-state index < -0.39 is 6.09 Å². The summed E-state index contributed by atoms with van der Waals surface area (Å²) >= 11 is 0. The van der Waals surface area contributed by atoms with Gasteiger partial charge in [-0.05, 0) is 25.0 Å². The van der Waals surface area contributed by atoms with Gasteiger partial charge in [0.2, 0.25) is 5.95 Å². The van der Waals surface area contributed by atoms with Crippen LogP contribution in [0.3, 0.4) is 0 Å². The lowest BCUT2D eigenvalue weighted by Gasteiger charge is -2.25. The van der Waals surface area contributed by atoms with Crippen molar-refractivity contribution in [2.24, 2.45) is 0 Å². The number of H-pyrrole nitrogens is 1. The van der Waals surface area contributed by atoms with Gasteiger partial charge in [-0.3, -0.25) is 10.2 Å². The Morgan fingerprint density at radius 1 is 1.30 bits per heavy atom. The molecule has 6 nitrogen and oxygen atoms in total. The highest BCUT2D eigenvalue weighted by Crippen LogP contribution is 2.13. The smallest absolute Gasteiger partial charge is 0.415 e. The Kier molecular flexibility index (Phi) is 3.83. The Morgan fingerprint density at radius 2 is 2.10 bits per heavy atom. The quantitative estimate of drug-likeness (QED) is 0.902. The first-order valence-corrected chi connectivity index (χ1v) is 6.92. The third-order valence-corrected chi connectivity index (χ3v) is 3.44. The van der Waals surface area contributed by atoms with Crippen LogP contribution in [0.25, 0.3) is 11.0 Å². The molecular weight excluding hydrogens is 256 g/mol. The number of benzene rings is 1. The molecule has 1 aromatic carbocycles. The minimum absolute atomic E-state index is 0.339. The number of anilines is 1. The number of rotatable bonds is 3.